The molecule has 1 unspecified atom stereocenters. The van der Waals surface area contributed by atoms with Crippen LogP contribution < -0.4 is 5.32 Å². The van der Waals surface area contributed by atoms with Crippen LogP contribution >= 0.6 is 35.8 Å². The second kappa shape index (κ2) is 5.86. The molecule has 0 heterocycles. The van der Waals surface area contributed by atoms with Gasteiger partial charge in [0, 0.05) is 16.1 Å². The van der Waals surface area contributed by atoms with Gasteiger partial charge in [-0.3, -0.25) is 0 Å². The van der Waals surface area contributed by atoms with E-state index in [1.807, 2.05) is 19.2 Å². The molecule has 14 heavy (non-hydrogen) atoms. The monoisotopic (exact) mass is 249 g/mol. The molecule has 1 atom stereocenters. The fourth-order valence-electron chi connectivity index (χ4n) is 1.37. The quantitative estimate of drug-likeness (QED) is 0.778. The van der Waals surface area contributed by atoms with Crippen molar-refractivity contribution in [2.24, 2.45) is 0 Å². The first-order valence-electron chi connectivity index (χ1n) is 4.42. The van der Waals surface area contributed by atoms with Crippen molar-refractivity contribution in [3.05, 3.63) is 33.8 Å². The normalized spacial score (nSPS) is 12.9. The van der Waals surface area contributed by atoms with E-state index in [-0.39, 0.29) is 6.04 Å². The van der Waals surface area contributed by atoms with Crippen molar-refractivity contribution in [2.75, 3.05) is 12.8 Å². The lowest BCUT2D eigenvalue weighted by molar-refractivity contribution is 0.582. The van der Waals surface area contributed by atoms with Gasteiger partial charge in [-0.1, -0.05) is 29.3 Å². The smallest absolute Gasteiger partial charge is 0.0468 e. The van der Waals surface area contributed by atoms with E-state index in [0.29, 0.717) is 10.0 Å². The van der Waals surface area contributed by atoms with Gasteiger partial charge in [-0.2, -0.15) is 12.6 Å². The average molecular weight is 250 g/mol. The van der Waals surface area contributed by atoms with E-state index >= 15 is 0 Å². The van der Waals surface area contributed by atoms with Gasteiger partial charge in [0.25, 0.3) is 0 Å². The molecule has 0 saturated carbocycles. The summed E-state index contributed by atoms with van der Waals surface area (Å²) in [6.45, 7) is 0. The maximum Gasteiger partial charge on any atom is 0.0468 e. The Morgan fingerprint density at radius 2 is 2.14 bits per heavy atom. The van der Waals surface area contributed by atoms with E-state index < -0.39 is 0 Å². The highest BCUT2D eigenvalue weighted by molar-refractivity contribution is 7.80. The highest BCUT2D eigenvalue weighted by Gasteiger charge is 2.11. The Hall–Kier alpha value is 0.110. The molecule has 1 nitrogen and oxygen atoms in total. The lowest BCUT2D eigenvalue weighted by Gasteiger charge is -2.16. The molecule has 0 aliphatic heterocycles. The SMILES string of the molecule is CNC(CCS)c1ccc(Cl)cc1Cl. The van der Waals surface area contributed by atoms with E-state index in [4.69, 9.17) is 23.2 Å². The maximum absolute atomic E-state index is 6.09. The van der Waals surface area contributed by atoms with Crippen LogP contribution in [0.3, 0.4) is 0 Å². The van der Waals surface area contributed by atoms with Crippen LogP contribution in [-0.4, -0.2) is 12.8 Å². The third-order valence-electron chi connectivity index (χ3n) is 2.10. The third-order valence-corrected chi connectivity index (χ3v) is 2.92. The summed E-state index contributed by atoms with van der Waals surface area (Å²) in [5, 5.41) is 4.58. The Morgan fingerprint density at radius 3 is 2.64 bits per heavy atom. The number of rotatable bonds is 4. The van der Waals surface area contributed by atoms with E-state index in [1.165, 1.54) is 0 Å². The Morgan fingerprint density at radius 1 is 1.43 bits per heavy atom. The fraction of sp³-hybridized carbons (Fsp3) is 0.400. The molecule has 4 heteroatoms. The summed E-state index contributed by atoms with van der Waals surface area (Å²) in [4.78, 5) is 0. The number of thiol groups is 1. The van der Waals surface area contributed by atoms with Gasteiger partial charge in [-0.05, 0) is 36.9 Å². The number of hydrogen-bond acceptors (Lipinski definition) is 2. The number of nitrogens with one attached hydrogen (secondary N) is 1. The lowest BCUT2D eigenvalue weighted by Crippen LogP contribution is -2.17. The van der Waals surface area contributed by atoms with Crippen molar-refractivity contribution in [3.63, 3.8) is 0 Å². The molecule has 0 fully saturated rings. The van der Waals surface area contributed by atoms with Crippen molar-refractivity contribution >= 4 is 35.8 Å². The number of benzene rings is 1. The predicted octanol–water partition coefficient (Wildman–Crippen LogP) is 3.57. The number of halogens is 2. The highest BCUT2D eigenvalue weighted by atomic mass is 35.5. The lowest BCUT2D eigenvalue weighted by atomic mass is 10.0. The highest BCUT2D eigenvalue weighted by Crippen LogP contribution is 2.27. The molecular formula is C10H13Cl2NS. The Labute approximate surface area is 100 Å². The number of hydrogen-bond donors (Lipinski definition) is 2. The summed E-state index contributed by atoms with van der Waals surface area (Å²) in [5.41, 5.74) is 1.08. The molecule has 0 amide bonds. The molecule has 78 valence electrons. The minimum Gasteiger partial charge on any atom is -0.313 e. The fourth-order valence-corrected chi connectivity index (χ4v) is 2.17. The predicted molar refractivity (Wildman–Crippen MR) is 66.7 cm³/mol. The molecule has 1 rings (SSSR count). The van der Waals surface area contributed by atoms with E-state index in [0.717, 1.165) is 17.7 Å². The first-order chi connectivity index (χ1) is 6.69. The molecule has 0 spiro atoms. The van der Waals surface area contributed by atoms with Gasteiger partial charge in [0.2, 0.25) is 0 Å². The van der Waals surface area contributed by atoms with Crippen LogP contribution in [0.2, 0.25) is 10.0 Å². The Kier molecular flexibility index (Phi) is 5.10. The second-order valence-corrected chi connectivity index (χ2v) is 4.31. The van der Waals surface area contributed by atoms with Crippen LogP contribution in [0.15, 0.2) is 18.2 Å². The van der Waals surface area contributed by atoms with Crippen molar-refractivity contribution in [1.82, 2.24) is 5.32 Å². The molecule has 1 aromatic rings. The zero-order valence-electron chi connectivity index (χ0n) is 7.93. The van der Waals surface area contributed by atoms with Crippen LogP contribution in [0.25, 0.3) is 0 Å². The molecule has 0 aliphatic carbocycles. The summed E-state index contributed by atoms with van der Waals surface area (Å²) < 4.78 is 0. The zero-order chi connectivity index (χ0) is 10.6. The van der Waals surface area contributed by atoms with E-state index in [1.54, 1.807) is 6.07 Å². The van der Waals surface area contributed by atoms with Crippen molar-refractivity contribution in [2.45, 2.75) is 12.5 Å². The van der Waals surface area contributed by atoms with Gasteiger partial charge in [0.05, 0.1) is 0 Å². The summed E-state index contributed by atoms with van der Waals surface area (Å²) in [5.74, 6) is 0.824. The van der Waals surface area contributed by atoms with Crippen molar-refractivity contribution in [1.29, 1.82) is 0 Å². The minimum absolute atomic E-state index is 0.247. The molecule has 0 bridgehead atoms. The molecule has 0 aromatic heterocycles. The molecule has 1 aromatic carbocycles. The summed E-state index contributed by atoms with van der Waals surface area (Å²) in [6, 6.07) is 5.82. The van der Waals surface area contributed by atoms with Gasteiger partial charge in [0.15, 0.2) is 0 Å². The maximum atomic E-state index is 6.09. The van der Waals surface area contributed by atoms with Crippen molar-refractivity contribution < 1.29 is 0 Å². The van der Waals surface area contributed by atoms with Gasteiger partial charge in [-0.15, -0.1) is 0 Å². The summed E-state index contributed by atoms with van der Waals surface area (Å²) in [6.07, 6.45) is 0.945. The van der Waals surface area contributed by atoms with Gasteiger partial charge in [-0.25, -0.2) is 0 Å². The van der Waals surface area contributed by atoms with Gasteiger partial charge in [0.1, 0.15) is 0 Å². The van der Waals surface area contributed by atoms with Crippen LogP contribution in [0.5, 0.6) is 0 Å². The molecule has 0 saturated heterocycles. The zero-order valence-corrected chi connectivity index (χ0v) is 10.3. The first-order valence-corrected chi connectivity index (χ1v) is 5.81. The van der Waals surface area contributed by atoms with Crippen LogP contribution in [0.1, 0.15) is 18.0 Å². The molecular weight excluding hydrogens is 237 g/mol. The largest absolute Gasteiger partial charge is 0.313 e. The molecule has 0 radical (unpaired) electrons. The van der Waals surface area contributed by atoms with Crippen molar-refractivity contribution in [3.8, 4) is 0 Å². The standard InChI is InChI=1S/C10H13Cl2NS/c1-13-10(4-5-14)8-3-2-7(11)6-9(8)12/h2-3,6,10,13-14H,4-5H2,1H3. The summed E-state index contributed by atoms with van der Waals surface area (Å²) in [7, 11) is 1.92. The third kappa shape index (κ3) is 3.06. The first kappa shape index (κ1) is 12.2. The Bertz CT molecular complexity index is 304. The van der Waals surface area contributed by atoms with Gasteiger partial charge >= 0.3 is 0 Å². The molecule has 1 N–H and O–H groups in total. The van der Waals surface area contributed by atoms with E-state index in [2.05, 4.69) is 17.9 Å². The van der Waals surface area contributed by atoms with Crippen LogP contribution in [0, 0.1) is 0 Å². The van der Waals surface area contributed by atoms with Gasteiger partial charge < -0.3 is 5.32 Å². The summed E-state index contributed by atoms with van der Waals surface area (Å²) >= 11 is 16.1. The molecule has 0 aliphatic rings. The minimum atomic E-state index is 0.247. The average Bonchev–Trinajstić information content (AvgIpc) is 2.15. The van der Waals surface area contributed by atoms with Crippen LogP contribution in [0.4, 0.5) is 0 Å². The van der Waals surface area contributed by atoms with E-state index in [9.17, 15) is 0 Å². The topological polar surface area (TPSA) is 12.0 Å². The van der Waals surface area contributed by atoms with Crippen LogP contribution in [-0.2, 0) is 0 Å². The second-order valence-electron chi connectivity index (χ2n) is 3.02. The Balaban J connectivity index is 2.92.